The third-order valence-electron chi connectivity index (χ3n) is 4.41. The number of nitrogens with one attached hydrogen (secondary N) is 1. The summed E-state index contributed by atoms with van der Waals surface area (Å²) in [5.74, 6) is 5.81. The van der Waals surface area contributed by atoms with E-state index in [1.807, 2.05) is 18.2 Å². The maximum Gasteiger partial charge on any atom is 0.287 e. The molecule has 1 saturated heterocycles. The monoisotopic (exact) mass is 366 g/mol. The van der Waals surface area contributed by atoms with Crippen molar-refractivity contribution in [3.8, 4) is 11.8 Å². The summed E-state index contributed by atoms with van der Waals surface area (Å²) in [5, 5.41) is 12.7. The molecule has 2 aromatic rings. The van der Waals surface area contributed by atoms with Crippen LogP contribution < -0.4 is 5.32 Å². The Bertz CT molecular complexity index is 824. The van der Waals surface area contributed by atoms with Crippen LogP contribution in [0.4, 0.5) is 0 Å². The zero-order chi connectivity index (χ0) is 19.3. The molecular formula is C22H26N2O3. The minimum Gasteiger partial charge on any atom is -0.443 e. The minimum atomic E-state index is -1.10. The first-order chi connectivity index (χ1) is 12.9. The van der Waals surface area contributed by atoms with Gasteiger partial charge in [-0.05, 0) is 56.9 Å². The van der Waals surface area contributed by atoms with Crippen LogP contribution in [0.3, 0.4) is 0 Å². The first kappa shape index (κ1) is 19.2. The van der Waals surface area contributed by atoms with Crippen LogP contribution in [-0.2, 0) is 6.54 Å². The largest absolute Gasteiger partial charge is 0.443 e. The number of nitrogens with zero attached hydrogens (tertiary/aromatic N) is 1. The molecule has 1 aliphatic heterocycles. The Morgan fingerprint density at radius 3 is 2.81 bits per heavy atom. The molecule has 1 aromatic heterocycles. The Morgan fingerprint density at radius 1 is 1.30 bits per heavy atom. The fraction of sp³-hybridized carbons (Fsp3) is 0.409. The number of amides is 1. The van der Waals surface area contributed by atoms with Gasteiger partial charge in [-0.15, -0.1) is 0 Å². The van der Waals surface area contributed by atoms with Gasteiger partial charge in [-0.3, -0.25) is 9.69 Å². The molecule has 0 spiro atoms. The topological polar surface area (TPSA) is 65.7 Å². The molecule has 1 aliphatic rings. The Kier molecular flexibility index (Phi) is 6.00. The van der Waals surface area contributed by atoms with Crippen molar-refractivity contribution in [2.45, 2.75) is 44.9 Å². The zero-order valence-corrected chi connectivity index (χ0v) is 15.9. The lowest BCUT2D eigenvalue weighted by Gasteiger charge is -2.33. The van der Waals surface area contributed by atoms with Gasteiger partial charge in [0.15, 0.2) is 11.5 Å². The molecule has 0 bridgehead atoms. The van der Waals surface area contributed by atoms with E-state index in [9.17, 15) is 9.90 Å². The minimum absolute atomic E-state index is 0.103. The van der Waals surface area contributed by atoms with Gasteiger partial charge in [0.2, 0.25) is 0 Å². The summed E-state index contributed by atoms with van der Waals surface area (Å²) in [6.07, 6.45) is 2.02. The van der Waals surface area contributed by atoms with Crippen molar-refractivity contribution in [2.24, 2.45) is 0 Å². The van der Waals surface area contributed by atoms with Crippen molar-refractivity contribution in [3.05, 3.63) is 59.5 Å². The number of carbonyl (C=O) groups excluding carboxylic acids is 1. The van der Waals surface area contributed by atoms with Gasteiger partial charge in [0.05, 0.1) is 0 Å². The molecule has 3 rings (SSSR count). The number of aliphatic hydroxyl groups is 1. The van der Waals surface area contributed by atoms with Gasteiger partial charge in [-0.25, -0.2) is 0 Å². The zero-order valence-electron chi connectivity index (χ0n) is 15.9. The highest BCUT2D eigenvalue weighted by atomic mass is 16.3. The molecule has 142 valence electrons. The van der Waals surface area contributed by atoms with Crippen LogP contribution >= 0.6 is 0 Å². The Hall–Kier alpha value is -2.55. The van der Waals surface area contributed by atoms with Gasteiger partial charge in [-0.2, -0.15) is 0 Å². The van der Waals surface area contributed by atoms with Crippen molar-refractivity contribution in [1.82, 2.24) is 10.2 Å². The number of piperidine rings is 1. The maximum atomic E-state index is 12.5. The summed E-state index contributed by atoms with van der Waals surface area (Å²) in [5.41, 5.74) is 0.185. The van der Waals surface area contributed by atoms with Crippen molar-refractivity contribution < 1.29 is 14.3 Å². The lowest BCUT2D eigenvalue weighted by atomic mass is 10.0. The number of benzene rings is 1. The third-order valence-corrected chi connectivity index (χ3v) is 4.41. The highest BCUT2D eigenvalue weighted by molar-refractivity contribution is 5.91. The van der Waals surface area contributed by atoms with Crippen molar-refractivity contribution in [1.29, 1.82) is 0 Å². The number of rotatable bonds is 4. The molecule has 1 atom stereocenters. The Balaban J connectivity index is 1.56. The van der Waals surface area contributed by atoms with Crippen LogP contribution in [-0.4, -0.2) is 40.6 Å². The van der Waals surface area contributed by atoms with Crippen LogP contribution in [0.1, 0.15) is 48.6 Å². The highest BCUT2D eigenvalue weighted by Gasteiger charge is 2.23. The van der Waals surface area contributed by atoms with Crippen molar-refractivity contribution in [3.63, 3.8) is 0 Å². The SMILES string of the molecule is CC(C)(O)C#Cc1ccc(C(=O)N[C@H]2CCCN(Cc3ccccc3)C2)o1. The molecule has 0 saturated carbocycles. The van der Waals surface area contributed by atoms with Gasteiger partial charge in [-0.1, -0.05) is 36.3 Å². The molecule has 5 nitrogen and oxygen atoms in total. The summed E-state index contributed by atoms with van der Waals surface area (Å²) in [4.78, 5) is 14.8. The summed E-state index contributed by atoms with van der Waals surface area (Å²) in [7, 11) is 0. The van der Waals surface area contributed by atoms with E-state index in [4.69, 9.17) is 4.42 Å². The molecule has 2 N–H and O–H groups in total. The van der Waals surface area contributed by atoms with Crippen LogP contribution in [0, 0.1) is 11.8 Å². The quantitative estimate of drug-likeness (QED) is 0.817. The van der Waals surface area contributed by atoms with E-state index >= 15 is 0 Å². The number of likely N-dealkylation sites (tertiary alicyclic amines) is 1. The van der Waals surface area contributed by atoms with Crippen LogP contribution in [0.5, 0.6) is 0 Å². The van der Waals surface area contributed by atoms with Gasteiger partial charge in [0.25, 0.3) is 5.91 Å². The summed E-state index contributed by atoms with van der Waals surface area (Å²) in [6, 6.07) is 13.7. The first-order valence-corrected chi connectivity index (χ1v) is 9.31. The van der Waals surface area contributed by atoms with E-state index in [0.29, 0.717) is 5.76 Å². The average molecular weight is 366 g/mol. The standard InChI is InChI=1S/C22H26N2O3/c1-22(2,26)13-12-19-10-11-20(27-19)21(25)23-18-9-6-14-24(16-18)15-17-7-4-3-5-8-17/h3-5,7-8,10-11,18,26H,6,9,14-16H2,1-2H3,(H,23,25)/t18-/m0/s1. The number of furan rings is 1. The summed E-state index contributed by atoms with van der Waals surface area (Å²) >= 11 is 0. The number of carbonyl (C=O) groups is 1. The van der Waals surface area contributed by atoms with Gasteiger partial charge >= 0.3 is 0 Å². The summed E-state index contributed by atoms with van der Waals surface area (Å²) in [6.45, 7) is 5.96. The highest BCUT2D eigenvalue weighted by Crippen LogP contribution is 2.15. The van der Waals surface area contributed by atoms with E-state index < -0.39 is 5.60 Å². The summed E-state index contributed by atoms with van der Waals surface area (Å²) < 4.78 is 5.49. The van der Waals surface area contributed by atoms with Gasteiger partial charge in [0.1, 0.15) is 5.60 Å². The molecule has 27 heavy (non-hydrogen) atoms. The van der Waals surface area contributed by atoms with E-state index in [2.05, 4.69) is 34.2 Å². The first-order valence-electron chi connectivity index (χ1n) is 9.31. The van der Waals surface area contributed by atoms with E-state index in [0.717, 1.165) is 32.5 Å². The second-order valence-electron chi connectivity index (χ2n) is 7.51. The van der Waals surface area contributed by atoms with Crippen molar-refractivity contribution >= 4 is 5.91 Å². The lowest BCUT2D eigenvalue weighted by Crippen LogP contribution is -2.47. The van der Waals surface area contributed by atoms with Crippen molar-refractivity contribution in [2.75, 3.05) is 13.1 Å². The molecule has 1 aromatic carbocycles. The molecule has 2 heterocycles. The molecule has 0 aliphatic carbocycles. The van der Waals surface area contributed by atoms with E-state index in [1.165, 1.54) is 5.56 Å². The predicted molar refractivity (Wildman–Crippen MR) is 104 cm³/mol. The second kappa shape index (κ2) is 8.43. The maximum absolute atomic E-state index is 12.5. The third kappa shape index (κ3) is 5.99. The Morgan fingerprint density at radius 2 is 2.07 bits per heavy atom. The second-order valence-corrected chi connectivity index (χ2v) is 7.51. The fourth-order valence-corrected chi connectivity index (χ4v) is 3.16. The normalized spacial score (nSPS) is 17.8. The predicted octanol–water partition coefficient (Wildman–Crippen LogP) is 2.80. The number of hydrogen-bond donors (Lipinski definition) is 2. The average Bonchev–Trinajstić information content (AvgIpc) is 3.10. The van der Waals surface area contributed by atoms with Gasteiger partial charge < -0.3 is 14.8 Å². The fourth-order valence-electron chi connectivity index (χ4n) is 3.16. The molecule has 0 unspecified atom stereocenters. The van der Waals surface area contributed by atoms with Crippen LogP contribution in [0.15, 0.2) is 46.9 Å². The van der Waals surface area contributed by atoms with E-state index in [1.54, 1.807) is 26.0 Å². The molecule has 5 heteroatoms. The molecule has 0 radical (unpaired) electrons. The Labute approximate surface area is 160 Å². The number of hydrogen-bond acceptors (Lipinski definition) is 4. The van der Waals surface area contributed by atoms with Crippen LogP contribution in [0.25, 0.3) is 0 Å². The van der Waals surface area contributed by atoms with E-state index in [-0.39, 0.29) is 17.7 Å². The lowest BCUT2D eigenvalue weighted by molar-refractivity contribution is 0.0872. The molecule has 1 amide bonds. The van der Waals surface area contributed by atoms with Gasteiger partial charge in [0, 0.05) is 19.1 Å². The smallest absolute Gasteiger partial charge is 0.287 e. The van der Waals surface area contributed by atoms with Crippen LogP contribution in [0.2, 0.25) is 0 Å². The molecular weight excluding hydrogens is 340 g/mol. The molecule has 1 fully saturated rings.